The molecule has 0 radical (unpaired) electrons. The van der Waals surface area contributed by atoms with Crippen molar-refractivity contribution in [2.45, 2.75) is 18.2 Å². The van der Waals surface area contributed by atoms with E-state index in [-0.39, 0.29) is 4.90 Å². The molecule has 2 aromatic heterocycles. The summed E-state index contributed by atoms with van der Waals surface area (Å²) < 4.78 is 27.0. The van der Waals surface area contributed by atoms with Crippen molar-refractivity contribution in [2.24, 2.45) is 0 Å². The average molecular weight is 359 g/mol. The SMILES string of the molecule is Cc1nc(-c2ccncc2)sc1CCNS(=O)(=O)c1ccccc1. The molecular weight excluding hydrogens is 342 g/mol. The van der Waals surface area contributed by atoms with Gasteiger partial charge < -0.3 is 0 Å². The van der Waals surface area contributed by atoms with E-state index < -0.39 is 10.0 Å². The first kappa shape index (κ1) is 16.8. The third-order valence-electron chi connectivity index (χ3n) is 3.52. The number of thiazole rings is 1. The largest absolute Gasteiger partial charge is 0.265 e. The Balaban J connectivity index is 1.67. The molecule has 0 amide bonds. The van der Waals surface area contributed by atoms with Crippen LogP contribution in [0, 0.1) is 6.92 Å². The molecule has 0 aliphatic carbocycles. The fourth-order valence-electron chi connectivity index (χ4n) is 2.26. The number of hydrogen-bond donors (Lipinski definition) is 1. The number of nitrogens with one attached hydrogen (secondary N) is 1. The molecule has 0 aliphatic rings. The van der Waals surface area contributed by atoms with Crippen LogP contribution in [0.25, 0.3) is 10.6 Å². The Labute approximate surface area is 145 Å². The van der Waals surface area contributed by atoms with Crippen LogP contribution in [-0.2, 0) is 16.4 Å². The first-order chi connectivity index (χ1) is 11.6. The van der Waals surface area contributed by atoms with E-state index in [4.69, 9.17) is 0 Å². The van der Waals surface area contributed by atoms with Gasteiger partial charge >= 0.3 is 0 Å². The summed E-state index contributed by atoms with van der Waals surface area (Å²) in [4.78, 5) is 9.94. The molecule has 0 spiro atoms. The van der Waals surface area contributed by atoms with Gasteiger partial charge in [-0.05, 0) is 37.6 Å². The van der Waals surface area contributed by atoms with Crippen LogP contribution >= 0.6 is 11.3 Å². The second-order valence-corrected chi connectivity index (χ2v) is 8.07. The molecule has 5 nitrogen and oxygen atoms in total. The van der Waals surface area contributed by atoms with Crippen molar-refractivity contribution in [1.82, 2.24) is 14.7 Å². The summed E-state index contributed by atoms with van der Waals surface area (Å²) in [7, 11) is -3.46. The predicted octanol–water partition coefficient (Wildman–Crippen LogP) is 3.03. The van der Waals surface area contributed by atoms with Crippen molar-refractivity contribution in [1.29, 1.82) is 0 Å². The summed E-state index contributed by atoms with van der Waals surface area (Å²) in [6.45, 7) is 2.29. The van der Waals surface area contributed by atoms with Gasteiger partial charge in [-0.1, -0.05) is 18.2 Å². The van der Waals surface area contributed by atoms with E-state index >= 15 is 0 Å². The molecule has 0 aliphatic heterocycles. The third kappa shape index (κ3) is 3.87. The molecule has 0 fully saturated rings. The summed E-state index contributed by atoms with van der Waals surface area (Å²) in [6, 6.07) is 12.2. The van der Waals surface area contributed by atoms with Gasteiger partial charge in [0, 0.05) is 29.4 Å². The second-order valence-electron chi connectivity index (χ2n) is 5.22. The standard InChI is InChI=1S/C17H17N3O2S2/c1-13-16(23-17(20-13)14-7-10-18-11-8-14)9-12-19-24(21,22)15-5-3-2-4-6-15/h2-8,10-11,19H,9,12H2,1H3. The molecule has 0 atom stereocenters. The van der Waals surface area contributed by atoms with Crippen LogP contribution < -0.4 is 4.72 Å². The highest BCUT2D eigenvalue weighted by Gasteiger charge is 2.14. The molecule has 0 unspecified atom stereocenters. The zero-order valence-corrected chi connectivity index (χ0v) is 14.8. The maximum atomic E-state index is 12.2. The van der Waals surface area contributed by atoms with E-state index in [1.165, 1.54) is 0 Å². The van der Waals surface area contributed by atoms with Crippen LogP contribution in [0.3, 0.4) is 0 Å². The molecular formula is C17H17N3O2S2. The molecule has 7 heteroatoms. The van der Waals surface area contributed by atoms with Crippen LogP contribution in [0.2, 0.25) is 0 Å². The quantitative estimate of drug-likeness (QED) is 0.734. The Morgan fingerprint density at radius 1 is 1.08 bits per heavy atom. The first-order valence-electron chi connectivity index (χ1n) is 7.48. The average Bonchev–Trinajstić information content (AvgIpc) is 2.97. The molecule has 24 heavy (non-hydrogen) atoms. The first-order valence-corrected chi connectivity index (χ1v) is 9.77. The predicted molar refractivity (Wildman–Crippen MR) is 95.4 cm³/mol. The molecule has 2 heterocycles. The molecule has 1 N–H and O–H groups in total. The van der Waals surface area contributed by atoms with Gasteiger partial charge in [-0.15, -0.1) is 11.3 Å². The van der Waals surface area contributed by atoms with Crippen LogP contribution in [-0.4, -0.2) is 24.9 Å². The number of hydrogen-bond acceptors (Lipinski definition) is 5. The minimum absolute atomic E-state index is 0.281. The maximum absolute atomic E-state index is 12.2. The fourth-order valence-corrected chi connectivity index (χ4v) is 4.38. The highest BCUT2D eigenvalue weighted by Crippen LogP contribution is 2.27. The zero-order valence-electron chi connectivity index (χ0n) is 13.1. The molecule has 3 aromatic rings. The van der Waals surface area contributed by atoms with E-state index in [2.05, 4.69) is 14.7 Å². The van der Waals surface area contributed by atoms with E-state index in [1.54, 1.807) is 54.1 Å². The lowest BCUT2D eigenvalue weighted by Crippen LogP contribution is -2.25. The zero-order chi connectivity index (χ0) is 17.0. The van der Waals surface area contributed by atoms with E-state index in [1.807, 2.05) is 19.1 Å². The Morgan fingerprint density at radius 2 is 1.79 bits per heavy atom. The molecule has 124 valence electrons. The van der Waals surface area contributed by atoms with E-state index in [0.717, 1.165) is 21.1 Å². The Hall–Kier alpha value is -2.09. The molecule has 0 bridgehead atoms. The summed E-state index contributed by atoms with van der Waals surface area (Å²) in [5.41, 5.74) is 1.96. The second kappa shape index (κ2) is 7.21. The minimum Gasteiger partial charge on any atom is -0.265 e. The number of rotatable bonds is 6. The number of pyridine rings is 1. The summed E-state index contributed by atoms with van der Waals surface area (Å²) in [5, 5.41) is 0.927. The van der Waals surface area contributed by atoms with Gasteiger partial charge in [0.1, 0.15) is 5.01 Å². The van der Waals surface area contributed by atoms with Gasteiger partial charge in [-0.3, -0.25) is 4.98 Å². The summed E-state index contributed by atoms with van der Waals surface area (Å²) in [6.07, 6.45) is 4.08. The van der Waals surface area contributed by atoms with Gasteiger partial charge in [-0.2, -0.15) is 0 Å². The number of aromatic nitrogens is 2. The molecule has 3 rings (SSSR count). The highest BCUT2D eigenvalue weighted by molar-refractivity contribution is 7.89. The minimum atomic E-state index is -3.46. The van der Waals surface area contributed by atoms with Crippen molar-refractivity contribution in [2.75, 3.05) is 6.54 Å². The van der Waals surface area contributed by atoms with Gasteiger partial charge in [0.25, 0.3) is 0 Å². The lowest BCUT2D eigenvalue weighted by molar-refractivity contribution is 0.582. The Bertz CT molecular complexity index is 908. The van der Waals surface area contributed by atoms with Crippen molar-refractivity contribution in [3.63, 3.8) is 0 Å². The van der Waals surface area contributed by atoms with E-state index in [0.29, 0.717) is 13.0 Å². The molecule has 1 aromatic carbocycles. The van der Waals surface area contributed by atoms with Gasteiger partial charge in [-0.25, -0.2) is 18.1 Å². The number of sulfonamides is 1. The lowest BCUT2D eigenvalue weighted by Gasteiger charge is -2.05. The Kier molecular flexibility index (Phi) is 5.03. The van der Waals surface area contributed by atoms with Crippen molar-refractivity contribution < 1.29 is 8.42 Å². The van der Waals surface area contributed by atoms with Crippen molar-refractivity contribution in [3.8, 4) is 10.6 Å². The number of benzene rings is 1. The third-order valence-corrected chi connectivity index (χ3v) is 6.26. The summed E-state index contributed by atoms with van der Waals surface area (Å²) >= 11 is 1.59. The van der Waals surface area contributed by atoms with Crippen LogP contribution in [0.1, 0.15) is 10.6 Å². The molecule has 0 saturated carbocycles. The maximum Gasteiger partial charge on any atom is 0.240 e. The van der Waals surface area contributed by atoms with Crippen LogP contribution in [0.5, 0.6) is 0 Å². The van der Waals surface area contributed by atoms with E-state index in [9.17, 15) is 8.42 Å². The normalized spacial score (nSPS) is 11.5. The molecule has 0 saturated heterocycles. The number of nitrogens with zero attached hydrogens (tertiary/aromatic N) is 2. The smallest absolute Gasteiger partial charge is 0.240 e. The number of aryl methyl sites for hydroxylation is 1. The highest BCUT2D eigenvalue weighted by atomic mass is 32.2. The van der Waals surface area contributed by atoms with Crippen molar-refractivity contribution in [3.05, 3.63) is 65.4 Å². The van der Waals surface area contributed by atoms with Gasteiger partial charge in [0.15, 0.2) is 0 Å². The Morgan fingerprint density at radius 3 is 2.50 bits per heavy atom. The van der Waals surface area contributed by atoms with Gasteiger partial charge in [0.2, 0.25) is 10.0 Å². The lowest BCUT2D eigenvalue weighted by atomic mass is 10.3. The summed E-state index contributed by atoms with van der Waals surface area (Å²) in [5.74, 6) is 0. The fraction of sp³-hybridized carbons (Fsp3) is 0.176. The van der Waals surface area contributed by atoms with Gasteiger partial charge in [0.05, 0.1) is 10.6 Å². The van der Waals surface area contributed by atoms with Crippen LogP contribution in [0.4, 0.5) is 0 Å². The monoisotopic (exact) mass is 359 g/mol. The topological polar surface area (TPSA) is 72.0 Å². The van der Waals surface area contributed by atoms with Crippen molar-refractivity contribution >= 4 is 21.4 Å². The van der Waals surface area contributed by atoms with Crippen LogP contribution in [0.15, 0.2) is 59.8 Å².